The Labute approximate surface area is 144 Å². The van der Waals surface area contributed by atoms with E-state index in [2.05, 4.69) is 34.5 Å². The summed E-state index contributed by atoms with van der Waals surface area (Å²) in [6.07, 6.45) is 2.96. The van der Waals surface area contributed by atoms with Crippen molar-refractivity contribution in [3.05, 3.63) is 41.5 Å². The summed E-state index contributed by atoms with van der Waals surface area (Å²) >= 11 is 1.70. The SMILES string of the molecule is O[C@H]1CCN(c2nc(C3CC3)nc3scc(-c4ccccc4)c23)C1. The van der Waals surface area contributed by atoms with E-state index >= 15 is 0 Å². The van der Waals surface area contributed by atoms with Crippen LogP contribution in [0.5, 0.6) is 0 Å². The molecule has 0 unspecified atom stereocenters. The number of aliphatic hydroxyl groups excluding tert-OH is 1. The molecule has 0 amide bonds. The fourth-order valence-corrected chi connectivity index (χ4v) is 4.41. The van der Waals surface area contributed by atoms with Crippen LogP contribution in [0.4, 0.5) is 5.82 Å². The lowest BCUT2D eigenvalue weighted by Gasteiger charge is -2.19. The summed E-state index contributed by atoms with van der Waals surface area (Å²) in [5.41, 5.74) is 2.40. The van der Waals surface area contributed by atoms with Gasteiger partial charge >= 0.3 is 0 Å². The zero-order valence-electron chi connectivity index (χ0n) is 13.4. The highest BCUT2D eigenvalue weighted by atomic mass is 32.1. The van der Waals surface area contributed by atoms with Crippen LogP contribution in [0, 0.1) is 0 Å². The fourth-order valence-electron chi connectivity index (χ4n) is 3.46. The predicted molar refractivity (Wildman–Crippen MR) is 97.7 cm³/mol. The van der Waals surface area contributed by atoms with Crippen LogP contribution >= 0.6 is 11.3 Å². The van der Waals surface area contributed by atoms with Crippen molar-refractivity contribution < 1.29 is 5.11 Å². The van der Waals surface area contributed by atoms with Crippen LogP contribution in [0.3, 0.4) is 0 Å². The third kappa shape index (κ3) is 2.39. The van der Waals surface area contributed by atoms with Crippen LogP contribution in [0.25, 0.3) is 21.3 Å². The first-order valence-electron chi connectivity index (χ1n) is 8.57. The summed E-state index contributed by atoms with van der Waals surface area (Å²) in [4.78, 5) is 13.1. The van der Waals surface area contributed by atoms with Gasteiger partial charge in [-0.1, -0.05) is 30.3 Å². The molecule has 122 valence electrons. The van der Waals surface area contributed by atoms with Gasteiger partial charge in [-0.05, 0) is 24.8 Å². The fraction of sp³-hybridized carbons (Fsp3) is 0.368. The second-order valence-electron chi connectivity index (χ2n) is 6.76. The Morgan fingerprint density at radius 3 is 2.62 bits per heavy atom. The van der Waals surface area contributed by atoms with Gasteiger partial charge < -0.3 is 10.0 Å². The van der Waals surface area contributed by atoms with Crippen LogP contribution in [0.2, 0.25) is 0 Å². The van der Waals surface area contributed by atoms with E-state index in [0.717, 1.165) is 34.8 Å². The quantitative estimate of drug-likeness (QED) is 0.790. The maximum atomic E-state index is 9.98. The van der Waals surface area contributed by atoms with Gasteiger partial charge in [-0.2, -0.15) is 0 Å². The van der Waals surface area contributed by atoms with Crippen molar-refractivity contribution in [2.24, 2.45) is 0 Å². The zero-order chi connectivity index (χ0) is 16.1. The first kappa shape index (κ1) is 14.4. The first-order chi connectivity index (χ1) is 11.8. The molecule has 4 nitrogen and oxygen atoms in total. The van der Waals surface area contributed by atoms with E-state index in [0.29, 0.717) is 12.5 Å². The molecule has 0 radical (unpaired) electrons. The molecular weight excluding hydrogens is 318 g/mol. The Morgan fingerprint density at radius 2 is 1.92 bits per heavy atom. The number of hydrogen-bond donors (Lipinski definition) is 1. The second-order valence-corrected chi connectivity index (χ2v) is 7.62. The monoisotopic (exact) mass is 337 g/mol. The number of aliphatic hydroxyl groups is 1. The molecule has 1 aliphatic carbocycles. The van der Waals surface area contributed by atoms with Gasteiger partial charge in [0, 0.05) is 30.0 Å². The van der Waals surface area contributed by atoms with Gasteiger partial charge in [0.1, 0.15) is 16.5 Å². The van der Waals surface area contributed by atoms with Crippen LogP contribution < -0.4 is 4.90 Å². The molecule has 1 N–H and O–H groups in total. The summed E-state index contributed by atoms with van der Waals surface area (Å²) in [7, 11) is 0. The van der Waals surface area contributed by atoms with Gasteiger partial charge in [0.2, 0.25) is 0 Å². The lowest BCUT2D eigenvalue weighted by molar-refractivity contribution is 0.198. The summed E-state index contributed by atoms with van der Waals surface area (Å²) in [6, 6.07) is 10.4. The average molecular weight is 337 g/mol. The van der Waals surface area contributed by atoms with Crippen molar-refractivity contribution in [2.75, 3.05) is 18.0 Å². The Bertz CT molecular complexity index is 888. The molecule has 1 saturated heterocycles. The largest absolute Gasteiger partial charge is 0.391 e. The van der Waals surface area contributed by atoms with E-state index in [4.69, 9.17) is 9.97 Å². The number of fused-ring (bicyclic) bond motifs is 1. The third-order valence-electron chi connectivity index (χ3n) is 4.92. The van der Waals surface area contributed by atoms with E-state index in [1.165, 1.54) is 24.0 Å². The van der Waals surface area contributed by atoms with Crippen molar-refractivity contribution in [3.63, 3.8) is 0 Å². The molecule has 5 heteroatoms. The highest BCUT2D eigenvalue weighted by Gasteiger charge is 2.31. The maximum Gasteiger partial charge on any atom is 0.141 e. The predicted octanol–water partition coefficient (Wildman–Crippen LogP) is 3.81. The summed E-state index contributed by atoms with van der Waals surface area (Å²) in [5, 5.41) is 13.3. The van der Waals surface area contributed by atoms with Crippen LogP contribution in [0.15, 0.2) is 35.7 Å². The molecule has 1 aliphatic heterocycles. The maximum absolute atomic E-state index is 9.98. The lowest BCUT2D eigenvalue weighted by Crippen LogP contribution is -2.23. The minimum absolute atomic E-state index is 0.252. The number of rotatable bonds is 3. The third-order valence-corrected chi connectivity index (χ3v) is 5.79. The number of β-amino-alcohol motifs (C(OH)–C–C–N with tert-alkyl or cyclic N) is 1. The number of anilines is 1. The van der Waals surface area contributed by atoms with Crippen LogP contribution in [-0.4, -0.2) is 34.3 Å². The summed E-state index contributed by atoms with van der Waals surface area (Å²) < 4.78 is 0. The number of nitrogens with zero attached hydrogens (tertiary/aromatic N) is 3. The average Bonchev–Trinajstić information content (AvgIpc) is 3.24. The standard InChI is InChI=1S/C19H19N3OS/c23-14-8-9-22(10-14)18-16-15(12-4-2-1-3-5-12)11-24-19(16)21-17(20-18)13-6-7-13/h1-5,11,13-14,23H,6-10H2/t14-/m0/s1. The Kier molecular flexibility index (Phi) is 3.31. The molecule has 0 spiro atoms. The highest BCUT2D eigenvalue weighted by molar-refractivity contribution is 7.17. The van der Waals surface area contributed by atoms with E-state index in [1.807, 2.05) is 6.07 Å². The number of hydrogen-bond acceptors (Lipinski definition) is 5. The van der Waals surface area contributed by atoms with E-state index in [9.17, 15) is 5.11 Å². The molecule has 3 heterocycles. The summed E-state index contributed by atoms with van der Waals surface area (Å²) in [6.45, 7) is 1.53. The molecule has 2 fully saturated rings. The minimum atomic E-state index is -0.252. The smallest absolute Gasteiger partial charge is 0.141 e. The lowest BCUT2D eigenvalue weighted by atomic mass is 10.1. The zero-order valence-corrected chi connectivity index (χ0v) is 14.2. The second kappa shape index (κ2) is 5.53. The number of benzene rings is 1. The molecule has 1 aromatic carbocycles. The van der Waals surface area contributed by atoms with Crippen LogP contribution in [-0.2, 0) is 0 Å². The Morgan fingerprint density at radius 1 is 1.08 bits per heavy atom. The molecule has 1 saturated carbocycles. The molecule has 3 aromatic rings. The normalized spacial score (nSPS) is 20.9. The molecule has 2 aliphatic rings. The molecule has 0 bridgehead atoms. The van der Waals surface area contributed by atoms with E-state index in [-0.39, 0.29) is 6.10 Å². The summed E-state index contributed by atoms with van der Waals surface area (Å²) in [5.74, 6) is 2.53. The van der Waals surface area contributed by atoms with Crippen molar-refractivity contribution in [1.29, 1.82) is 0 Å². The van der Waals surface area contributed by atoms with Crippen molar-refractivity contribution >= 4 is 27.4 Å². The number of aromatic nitrogens is 2. The topological polar surface area (TPSA) is 49.2 Å². The van der Waals surface area contributed by atoms with Gasteiger partial charge in [0.05, 0.1) is 11.5 Å². The van der Waals surface area contributed by atoms with Gasteiger partial charge in [-0.25, -0.2) is 9.97 Å². The molecule has 24 heavy (non-hydrogen) atoms. The van der Waals surface area contributed by atoms with Gasteiger partial charge in [0.15, 0.2) is 0 Å². The number of thiophene rings is 1. The minimum Gasteiger partial charge on any atom is -0.391 e. The molecule has 1 atom stereocenters. The van der Waals surface area contributed by atoms with Crippen LogP contribution in [0.1, 0.15) is 31.0 Å². The van der Waals surface area contributed by atoms with Gasteiger partial charge in [0.25, 0.3) is 0 Å². The highest BCUT2D eigenvalue weighted by Crippen LogP contribution is 2.43. The molecular formula is C19H19N3OS. The van der Waals surface area contributed by atoms with Crippen molar-refractivity contribution in [3.8, 4) is 11.1 Å². The van der Waals surface area contributed by atoms with Crippen molar-refractivity contribution in [2.45, 2.75) is 31.3 Å². The van der Waals surface area contributed by atoms with Gasteiger partial charge in [-0.15, -0.1) is 11.3 Å². The first-order valence-corrected chi connectivity index (χ1v) is 9.45. The van der Waals surface area contributed by atoms with Gasteiger partial charge in [-0.3, -0.25) is 0 Å². The van der Waals surface area contributed by atoms with E-state index in [1.54, 1.807) is 11.3 Å². The molecule has 5 rings (SSSR count). The molecule has 2 aromatic heterocycles. The Balaban J connectivity index is 1.72. The van der Waals surface area contributed by atoms with E-state index < -0.39 is 0 Å². The van der Waals surface area contributed by atoms with Crippen molar-refractivity contribution in [1.82, 2.24) is 9.97 Å². The Hall–Kier alpha value is -1.98.